The molecule has 1 N–H and O–H groups in total. The van der Waals surface area contributed by atoms with Gasteiger partial charge in [0, 0.05) is 18.3 Å². The van der Waals surface area contributed by atoms with Crippen molar-refractivity contribution in [2.45, 2.75) is 26.3 Å². The maximum atomic E-state index is 12.2. The SMILES string of the molecule is CCCCn1nc(C(=O)OCC(=O)Nc2ccc(Oc3ccccc3Cl)cc2)ccc1=O. The lowest BCUT2D eigenvalue weighted by atomic mass is 10.3. The predicted octanol–water partition coefficient (Wildman–Crippen LogP) is 4.28. The highest BCUT2D eigenvalue weighted by Gasteiger charge is 2.14. The highest BCUT2D eigenvalue weighted by Crippen LogP contribution is 2.29. The fourth-order valence-electron chi connectivity index (χ4n) is 2.69. The van der Waals surface area contributed by atoms with Gasteiger partial charge >= 0.3 is 5.97 Å². The van der Waals surface area contributed by atoms with Crippen molar-refractivity contribution in [2.75, 3.05) is 11.9 Å². The van der Waals surface area contributed by atoms with Crippen LogP contribution in [0.15, 0.2) is 65.5 Å². The lowest BCUT2D eigenvalue weighted by molar-refractivity contribution is -0.119. The zero-order valence-corrected chi connectivity index (χ0v) is 18.2. The molecule has 1 amide bonds. The van der Waals surface area contributed by atoms with Gasteiger partial charge in [-0.05, 0) is 48.9 Å². The van der Waals surface area contributed by atoms with Crippen LogP contribution in [0.4, 0.5) is 5.69 Å². The molecule has 166 valence electrons. The molecule has 0 aliphatic carbocycles. The Morgan fingerprint density at radius 3 is 2.53 bits per heavy atom. The third-order valence-corrected chi connectivity index (χ3v) is 4.65. The standard InChI is InChI=1S/C23H22ClN3O5/c1-2-3-14-27-22(29)13-12-19(26-27)23(30)31-15-21(28)25-16-8-10-17(11-9-16)32-20-7-5-4-6-18(20)24/h4-13H,2-3,14-15H2,1H3,(H,25,28). The Hall–Kier alpha value is -3.65. The minimum Gasteiger partial charge on any atom is -0.456 e. The van der Waals surface area contributed by atoms with Crippen LogP contribution < -0.4 is 15.6 Å². The number of hydrogen-bond acceptors (Lipinski definition) is 6. The monoisotopic (exact) mass is 455 g/mol. The first-order chi connectivity index (χ1) is 15.5. The van der Waals surface area contributed by atoms with Crippen LogP contribution >= 0.6 is 11.6 Å². The molecule has 1 aromatic heterocycles. The van der Waals surface area contributed by atoms with E-state index in [4.69, 9.17) is 21.1 Å². The number of carbonyl (C=O) groups is 2. The van der Waals surface area contributed by atoms with Gasteiger partial charge in [-0.25, -0.2) is 9.48 Å². The van der Waals surface area contributed by atoms with Gasteiger partial charge in [-0.15, -0.1) is 0 Å². The van der Waals surface area contributed by atoms with Gasteiger partial charge in [0.15, 0.2) is 12.3 Å². The smallest absolute Gasteiger partial charge is 0.359 e. The summed E-state index contributed by atoms with van der Waals surface area (Å²) in [5.41, 5.74) is 0.174. The number of benzene rings is 2. The summed E-state index contributed by atoms with van der Waals surface area (Å²) in [6, 6.07) is 16.3. The molecule has 0 atom stereocenters. The molecule has 0 unspecified atom stereocenters. The van der Waals surface area contributed by atoms with Gasteiger partial charge < -0.3 is 14.8 Å². The summed E-state index contributed by atoms with van der Waals surface area (Å²) in [6.07, 6.45) is 1.64. The number of amides is 1. The number of halogens is 1. The van der Waals surface area contributed by atoms with E-state index >= 15 is 0 Å². The topological polar surface area (TPSA) is 99.5 Å². The molecule has 0 saturated heterocycles. The molecule has 0 radical (unpaired) electrons. The summed E-state index contributed by atoms with van der Waals surface area (Å²) in [5.74, 6) is -0.231. The van der Waals surface area contributed by atoms with Crippen molar-refractivity contribution in [1.82, 2.24) is 9.78 Å². The van der Waals surface area contributed by atoms with Crippen LogP contribution in [0, 0.1) is 0 Å². The molecule has 0 saturated carbocycles. The largest absolute Gasteiger partial charge is 0.456 e. The number of anilines is 1. The minimum atomic E-state index is -0.783. The first kappa shape index (κ1) is 23.0. The predicted molar refractivity (Wildman–Crippen MR) is 120 cm³/mol. The maximum absolute atomic E-state index is 12.2. The van der Waals surface area contributed by atoms with Crippen LogP contribution in [0.1, 0.15) is 30.3 Å². The fraction of sp³-hybridized carbons (Fsp3) is 0.217. The average molecular weight is 456 g/mol. The van der Waals surface area contributed by atoms with Crippen LogP contribution in [-0.4, -0.2) is 28.3 Å². The van der Waals surface area contributed by atoms with E-state index in [2.05, 4.69) is 10.4 Å². The highest BCUT2D eigenvalue weighted by atomic mass is 35.5. The third kappa shape index (κ3) is 6.42. The van der Waals surface area contributed by atoms with E-state index in [1.165, 1.54) is 16.8 Å². The normalized spacial score (nSPS) is 10.4. The molecule has 3 rings (SSSR count). The van der Waals surface area contributed by atoms with Gasteiger partial charge in [-0.2, -0.15) is 5.10 Å². The van der Waals surface area contributed by atoms with Gasteiger partial charge in [0.1, 0.15) is 11.5 Å². The van der Waals surface area contributed by atoms with E-state index in [9.17, 15) is 14.4 Å². The van der Waals surface area contributed by atoms with Gasteiger partial charge in [0.2, 0.25) is 0 Å². The zero-order valence-electron chi connectivity index (χ0n) is 17.4. The summed E-state index contributed by atoms with van der Waals surface area (Å²) in [4.78, 5) is 36.1. The first-order valence-corrected chi connectivity index (χ1v) is 10.4. The van der Waals surface area contributed by atoms with Crippen molar-refractivity contribution < 1.29 is 19.1 Å². The van der Waals surface area contributed by atoms with E-state index in [1.807, 2.05) is 13.0 Å². The van der Waals surface area contributed by atoms with Gasteiger partial charge in [0.05, 0.1) is 5.02 Å². The molecule has 0 fully saturated rings. The van der Waals surface area contributed by atoms with Crippen molar-refractivity contribution in [3.8, 4) is 11.5 Å². The maximum Gasteiger partial charge on any atom is 0.359 e. The molecule has 0 aliphatic rings. The molecule has 32 heavy (non-hydrogen) atoms. The molecule has 3 aromatic rings. The van der Waals surface area contributed by atoms with Crippen molar-refractivity contribution in [1.29, 1.82) is 0 Å². The number of nitrogens with one attached hydrogen (secondary N) is 1. The van der Waals surface area contributed by atoms with Crippen molar-refractivity contribution in [2.24, 2.45) is 0 Å². The zero-order chi connectivity index (χ0) is 22.9. The quantitative estimate of drug-likeness (QED) is 0.483. The van der Waals surface area contributed by atoms with Crippen LogP contribution in [0.2, 0.25) is 5.02 Å². The van der Waals surface area contributed by atoms with Crippen LogP contribution in [-0.2, 0) is 16.1 Å². The Labute approximate surface area is 189 Å². The Morgan fingerprint density at radius 1 is 1.06 bits per heavy atom. The second-order valence-corrected chi connectivity index (χ2v) is 7.22. The number of nitrogens with zero attached hydrogens (tertiary/aromatic N) is 2. The van der Waals surface area contributed by atoms with E-state index < -0.39 is 18.5 Å². The van der Waals surface area contributed by atoms with Gasteiger partial charge in [-0.3, -0.25) is 9.59 Å². The molecule has 9 heteroatoms. The summed E-state index contributed by atoms with van der Waals surface area (Å²) >= 11 is 6.07. The van der Waals surface area contributed by atoms with E-state index in [1.54, 1.807) is 42.5 Å². The Bertz CT molecular complexity index is 1140. The number of esters is 1. The van der Waals surface area contributed by atoms with E-state index in [0.717, 1.165) is 12.8 Å². The van der Waals surface area contributed by atoms with Crippen LogP contribution in [0.25, 0.3) is 0 Å². The number of rotatable bonds is 9. The Balaban J connectivity index is 1.52. The number of unbranched alkanes of at least 4 members (excludes halogenated alkanes) is 1. The van der Waals surface area contributed by atoms with E-state index in [-0.39, 0.29) is 11.3 Å². The van der Waals surface area contributed by atoms with Crippen LogP contribution in [0.3, 0.4) is 0 Å². The lowest BCUT2D eigenvalue weighted by Crippen LogP contribution is -2.26. The molecule has 2 aromatic carbocycles. The van der Waals surface area contributed by atoms with Gasteiger partial charge in [-0.1, -0.05) is 37.1 Å². The number of hydrogen-bond donors (Lipinski definition) is 1. The summed E-state index contributed by atoms with van der Waals surface area (Å²) in [7, 11) is 0. The lowest BCUT2D eigenvalue weighted by Gasteiger charge is -2.10. The number of ether oxygens (including phenoxy) is 2. The average Bonchev–Trinajstić information content (AvgIpc) is 2.79. The molecule has 0 bridgehead atoms. The number of para-hydroxylation sites is 1. The second kappa shape index (κ2) is 11.1. The molecule has 0 aliphatic heterocycles. The summed E-state index contributed by atoms with van der Waals surface area (Å²) in [6.45, 7) is 1.90. The Kier molecular flexibility index (Phi) is 7.99. The fourth-order valence-corrected chi connectivity index (χ4v) is 2.86. The van der Waals surface area contributed by atoms with Crippen molar-refractivity contribution in [3.05, 3.63) is 81.7 Å². The number of aromatic nitrogens is 2. The summed E-state index contributed by atoms with van der Waals surface area (Å²) < 4.78 is 11.9. The van der Waals surface area contributed by atoms with Gasteiger partial charge in [0.25, 0.3) is 11.5 Å². The molecular formula is C23H22ClN3O5. The Morgan fingerprint density at radius 2 is 1.81 bits per heavy atom. The molecule has 8 nitrogen and oxygen atoms in total. The van der Waals surface area contributed by atoms with E-state index in [0.29, 0.717) is 28.8 Å². The van der Waals surface area contributed by atoms with Crippen LogP contribution in [0.5, 0.6) is 11.5 Å². The van der Waals surface area contributed by atoms with Crippen molar-refractivity contribution in [3.63, 3.8) is 0 Å². The number of carbonyl (C=O) groups excluding carboxylic acids is 2. The first-order valence-electron chi connectivity index (χ1n) is 10.0. The van der Waals surface area contributed by atoms with Crippen molar-refractivity contribution >= 4 is 29.2 Å². The second-order valence-electron chi connectivity index (χ2n) is 6.81. The summed E-state index contributed by atoms with van der Waals surface area (Å²) in [5, 5.41) is 7.11. The highest BCUT2D eigenvalue weighted by molar-refractivity contribution is 6.32. The molecular weight excluding hydrogens is 434 g/mol. The molecule has 1 heterocycles. The number of aryl methyl sites for hydroxylation is 1. The third-order valence-electron chi connectivity index (χ3n) is 4.34. The minimum absolute atomic E-state index is 0.0328. The molecule has 0 spiro atoms.